The molecule has 5 heteroatoms. The van der Waals surface area contributed by atoms with Crippen LogP contribution in [0.1, 0.15) is 6.92 Å². The Morgan fingerprint density at radius 1 is 1.73 bits per heavy atom. The van der Waals surface area contributed by atoms with Gasteiger partial charge in [-0.2, -0.15) is 5.10 Å². The lowest BCUT2D eigenvalue weighted by Crippen LogP contribution is -2.24. The van der Waals surface area contributed by atoms with Gasteiger partial charge < -0.3 is 0 Å². The van der Waals surface area contributed by atoms with Gasteiger partial charge in [0.15, 0.2) is 5.17 Å². The van der Waals surface area contributed by atoms with E-state index in [4.69, 9.17) is 0 Å². The summed E-state index contributed by atoms with van der Waals surface area (Å²) in [5.74, 6) is 0.564. The number of carbonyl (C=O) groups excluding carboxylic acids is 1. The lowest BCUT2D eigenvalue weighted by Gasteiger charge is -2.04. The van der Waals surface area contributed by atoms with Crippen LogP contribution >= 0.6 is 11.8 Å². The molecule has 0 aromatic heterocycles. The maximum Gasteiger partial charge on any atom is 0.238 e. The first-order valence-corrected chi connectivity index (χ1v) is 4.19. The Morgan fingerprint density at radius 3 is 2.91 bits per heavy atom. The molecule has 0 aromatic rings. The van der Waals surface area contributed by atoms with E-state index < -0.39 is 0 Å². The Morgan fingerprint density at radius 2 is 2.45 bits per heavy atom. The number of rotatable bonds is 1. The lowest BCUT2D eigenvalue weighted by molar-refractivity contribution is -0.123. The van der Waals surface area contributed by atoms with Gasteiger partial charge in [-0.3, -0.25) is 9.69 Å². The summed E-state index contributed by atoms with van der Waals surface area (Å²) in [5.41, 5.74) is 0. The van der Waals surface area contributed by atoms with Crippen LogP contribution in [0.25, 0.3) is 0 Å². The summed E-state index contributed by atoms with van der Waals surface area (Å²) in [7, 11) is 1.70. The zero-order valence-corrected chi connectivity index (χ0v) is 7.26. The molecule has 0 aromatic carbocycles. The van der Waals surface area contributed by atoms with E-state index >= 15 is 0 Å². The highest BCUT2D eigenvalue weighted by Gasteiger charge is 2.23. The molecule has 1 heterocycles. The second-order valence-electron chi connectivity index (χ2n) is 2.00. The number of amidine groups is 1. The molecule has 0 N–H and O–H groups in total. The zero-order valence-electron chi connectivity index (χ0n) is 6.44. The van der Waals surface area contributed by atoms with Gasteiger partial charge in [-0.1, -0.05) is 11.8 Å². The molecular formula is C6H9N3OS. The standard InChI is InChI=1S/C6H9N3OS/c1-3-7-8-6-9(2)5(10)4-11-6/h3H,4H2,1-2H3/b7-3+,8-6-. The predicted molar refractivity (Wildman–Crippen MR) is 46.8 cm³/mol. The van der Waals surface area contributed by atoms with Gasteiger partial charge in [0, 0.05) is 13.3 Å². The Balaban J connectivity index is 2.68. The molecule has 1 rings (SSSR count). The molecule has 1 aliphatic heterocycles. The van der Waals surface area contributed by atoms with Gasteiger partial charge in [-0.05, 0) is 6.92 Å². The molecule has 1 saturated heterocycles. The van der Waals surface area contributed by atoms with Crippen LogP contribution in [0.4, 0.5) is 0 Å². The third-order valence-corrected chi connectivity index (χ3v) is 2.25. The molecule has 1 amide bonds. The van der Waals surface area contributed by atoms with Crippen molar-refractivity contribution in [2.45, 2.75) is 6.92 Å². The summed E-state index contributed by atoms with van der Waals surface area (Å²) in [6.07, 6.45) is 1.59. The molecule has 11 heavy (non-hydrogen) atoms. The van der Waals surface area contributed by atoms with Crippen molar-refractivity contribution < 1.29 is 4.79 Å². The average molecular weight is 171 g/mol. The molecule has 4 nitrogen and oxygen atoms in total. The topological polar surface area (TPSA) is 45.0 Å². The normalized spacial score (nSPS) is 22.5. The zero-order chi connectivity index (χ0) is 8.27. The van der Waals surface area contributed by atoms with Crippen molar-refractivity contribution in [3.8, 4) is 0 Å². The quantitative estimate of drug-likeness (QED) is 0.427. The summed E-state index contributed by atoms with van der Waals surface area (Å²) in [4.78, 5) is 12.4. The maximum atomic E-state index is 10.9. The highest BCUT2D eigenvalue weighted by Crippen LogP contribution is 2.16. The fourth-order valence-electron chi connectivity index (χ4n) is 0.630. The van der Waals surface area contributed by atoms with Gasteiger partial charge in [0.1, 0.15) is 0 Å². The van der Waals surface area contributed by atoms with Gasteiger partial charge in [-0.25, -0.2) is 0 Å². The van der Waals surface area contributed by atoms with Crippen molar-refractivity contribution in [3.63, 3.8) is 0 Å². The second-order valence-corrected chi connectivity index (χ2v) is 2.94. The van der Waals surface area contributed by atoms with E-state index in [0.717, 1.165) is 0 Å². The summed E-state index contributed by atoms with van der Waals surface area (Å²) in [6.45, 7) is 1.78. The van der Waals surface area contributed by atoms with Crippen LogP contribution in [0.5, 0.6) is 0 Å². The minimum Gasteiger partial charge on any atom is -0.292 e. The Kier molecular flexibility index (Phi) is 2.64. The van der Waals surface area contributed by atoms with Crippen molar-refractivity contribution in [1.29, 1.82) is 0 Å². The van der Waals surface area contributed by atoms with E-state index in [1.54, 1.807) is 20.2 Å². The molecule has 0 unspecified atom stereocenters. The van der Waals surface area contributed by atoms with Crippen LogP contribution in [0.3, 0.4) is 0 Å². The highest BCUT2D eigenvalue weighted by atomic mass is 32.2. The fourth-order valence-corrected chi connectivity index (χ4v) is 1.48. The second kappa shape index (κ2) is 3.52. The third kappa shape index (κ3) is 1.80. The SMILES string of the molecule is C/C=N/N=C1\SCC(=O)N1C. The monoisotopic (exact) mass is 171 g/mol. The van der Waals surface area contributed by atoms with E-state index in [2.05, 4.69) is 10.2 Å². The van der Waals surface area contributed by atoms with E-state index in [9.17, 15) is 4.79 Å². The first-order valence-electron chi connectivity index (χ1n) is 3.20. The predicted octanol–water partition coefficient (Wildman–Crippen LogP) is 0.553. The molecule has 0 aliphatic carbocycles. The number of hydrogen-bond donors (Lipinski definition) is 0. The van der Waals surface area contributed by atoms with E-state index in [1.807, 2.05) is 0 Å². The van der Waals surface area contributed by atoms with Crippen molar-refractivity contribution in [2.75, 3.05) is 12.8 Å². The number of nitrogens with zero attached hydrogens (tertiary/aromatic N) is 3. The van der Waals surface area contributed by atoms with E-state index in [0.29, 0.717) is 10.9 Å². The van der Waals surface area contributed by atoms with Crippen LogP contribution in [0.15, 0.2) is 10.2 Å². The first kappa shape index (κ1) is 8.26. The van der Waals surface area contributed by atoms with Gasteiger partial charge in [-0.15, -0.1) is 5.10 Å². The Hall–Kier alpha value is -0.840. The molecule has 0 bridgehead atoms. The van der Waals surface area contributed by atoms with Crippen molar-refractivity contribution in [1.82, 2.24) is 4.90 Å². The van der Waals surface area contributed by atoms with E-state index in [1.165, 1.54) is 16.7 Å². The highest BCUT2D eigenvalue weighted by molar-refractivity contribution is 8.15. The molecule has 0 atom stereocenters. The number of amides is 1. The smallest absolute Gasteiger partial charge is 0.238 e. The van der Waals surface area contributed by atoms with Crippen molar-refractivity contribution in [3.05, 3.63) is 0 Å². The molecule has 0 spiro atoms. The molecule has 0 saturated carbocycles. The average Bonchev–Trinajstić information content (AvgIpc) is 2.31. The van der Waals surface area contributed by atoms with Crippen LogP contribution < -0.4 is 0 Å². The molecule has 0 radical (unpaired) electrons. The third-order valence-electron chi connectivity index (χ3n) is 1.24. The number of hydrogen-bond acceptors (Lipinski definition) is 4. The summed E-state index contributed by atoms with van der Waals surface area (Å²) in [6, 6.07) is 0. The van der Waals surface area contributed by atoms with Crippen LogP contribution in [-0.4, -0.2) is 35.0 Å². The van der Waals surface area contributed by atoms with Gasteiger partial charge in [0.2, 0.25) is 5.91 Å². The number of thioether (sulfide) groups is 1. The molecule has 1 aliphatic rings. The minimum absolute atomic E-state index is 0.0834. The molecule has 1 fully saturated rings. The largest absolute Gasteiger partial charge is 0.292 e. The Bertz CT molecular complexity index is 224. The summed E-state index contributed by atoms with van der Waals surface area (Å²) >= 11 is 1.41. The van der Waals surface area contributed by atoms with Gasteiger partial charge in [0.05, 0.1) is 5.75 Å². The number of carbonyl (C=O) groups is 1. The van der Waals surface area contributed by atoms with Crippen molar-refractivity contribution in [2.24, 2.45) is 10.2 Å². The summed E-state index contributed by atoms with van der Waals surface area (Å²) in [5, 5.41) is 8.19. The Labute approximate surface area is 69.4 Å². The maximum absolute atomic E-state index is 10.9. The van der Waals surface area contributed by atoms with E-state index in [-0.39, 0.29) is 5.91 Å². The van der Waals surface area contributed by atoms with Crippen LogP contribution in [0, 0.1) is 0 Å². The summed E-state index contributed by atoms with van der Waals surface area (Å²) < 4.78 is 0. The van der Waals surface area contributed by atoms with Gasteiger partial charge in [0.25, 0.3) is 0 Å². The van der Waals surface area contributed by atoms with Crippen LogP contribution in [-0.2, 0) is 4.79 Å². The van der Waals surface area contributed by atoms with Crippen LogP contribution in [0.2, 0.25) is 0 Å². The first-order chi connectivity index (χ1) is 5.25. The van der Waals surface area contributed by atoms with Gasteiger partial charge >= 0.3 is 0 Å². The molecule has 60 valence electrons. The minimum atomic E-state index is 0.0834. The lowest BCUT2D eigenvalue weighted by atomic mass is 10.6. The van der Waals surface area contributed by atoms with Crippen molar-refractivity contribution >= 4 is 29.1 Å². The fraction of sp³-hybridized carbons (Fsp3) is 0.500. The molecular weight excluding hydrogens is 162 g/mol.